The average Bonchev–Trinajstić information content (AvgIpc) is 3.31. The summed E-state index contributed by atoms with van der Waals surface area (Å²) in [6.45, 7) is 5.06. The fraction of sp³-hybridized carbons (Fsp3) is 0.167. The summed E-state index contributed by atoms with van der Waals surface area (Å²) in [6, 6.07) is 25.6. The SMILES string of the molecule is CC(C)(C)OC(=O)COc1cccc(C=C(C(=O)O)c2nc(-c3ccccc3)c(-c3ccccc3)o2)c1. The Morgan fingerprint density at radius 3 is 2.19 bits per heavy atom. The minimum absolute atomic E-state index is 0.0229. The molecule has 1 aromatic heterocycles. The van der Waals surface area contributed by atoms with Crippen molar-refractivity contribution in [3.63, 3.8) is 0 Å². The van der Waals surface area contributed by atoms with Crippen molar-refractivity contribution in [3.05, 3.63) is 96.4 Å². The normalized spacial score (nSPS) is 11.7. The molecule has 0 aliphatic carbocycles. The Morgan fingerprint density at radius 1 is 0.919 bits per heavy atom. The van der Waals surface area contributed by atoms with E-state index in [1.165, 1.54) is 6.08 Å². The predicted molar refractivity (Wildman–Crippen MR) is 141 cm³/mol. The van der Waals surface area contributed by atoms with Gasteiger partial charge in [0.1, 0.15) is 22.6 Å². The predicted octanol–water partition coefficient (Wildman–Crippen LogP) is 6.35. The largest absolute Gasteiger partial charge is 0.482 e. The molecule has 7 heteroatoms. The highest BCUT2D eigenvalue weighted by Gasteiger charge is 2.23. The van der Waals surface area contributed by atoms with E-state index in [4.69, 9.17) is 13.9 Å². The van der Waals surface area contributed by atoms with E-state index < -0.39 is 17.5 Å². The molecule has 0 fully saturated rings. The molecule has 0 saturated carbocycles. The fourth-order valence-electron chi connectivity index (χ4n) is 3.60. The lowest BCUT2D eigenvalue weighted by Gasteiger charge is -2.19. The van der Waals surface area contributed by atoms with Gasteiger partial charge in [-0.05, 0) is 44.5 Å². The summed E-state index contributed by atoms with van der Waals surface area (Å²) in [4.78, 5) is 28.8. The van der Waals surface area contributed by atoms with Crippen LogP contribution in [0.5, 0.6) is 5.75 Å². The van der Waals surface area contributed by atoms with Crippen LogP contribution in [0.2, 0.25) is 0 Å². The van der Waals surface area contributed by atoms with E-state index in [-0.39, 0.29) is 18.1 Å². The first-order valence-electron chi connectivity index (χ1n) is 11.7. The van der Waals surface area contributed by atoms with E-state index >= 15 is 0 Å². The Kier molecular flexibility index (Phi) is 7.53. The molecule has 0 unspecified atom stereocenters. The van der Waals surface area contributed by atoms with Crippen molar-refractivity contribution < 1.29 is 28.6 Å². The topological polar surface area (TPSA) is 98.9 Å². The van der Waals surface area contributed by atoms with E-state index in [0.717, 1.165) is 11.1 Å². The second-order valence-electron chi connectivity index (χ2n) is 9.24. The van der Waals surface area contributed by atoms with Crippen molar-refractivity contribution >= 4 is 23.6 Å². The van der Waals surface area contributed by atoms with Gasteiger partial charge in [0.25, 0.3) is 0 Å². The van der Waals surface area contributed by atoms with Gasteiger partial charge in [-0.3, -0.25) is 0 Å². The van der Waals surface area contributed by atoms with E-state index in [2.05, 4.69) is 4.98 Å². The van der Waals surface area contributed by atoms with Crippen LogP contribution in [0.3, 0.4) is 0 Å². The smallest absolute Gasteiger partial charge is 0.344 e. The fourth-order valence-corrected chi connectivity index (χ4v) is 3.60. The zero-order chi connectivity index (χ0) is 26.4. The number of carbonyl (C=O) groups excluding carboxylic acids is 1. The number of hydrogen-bond acceptors (Lipinski definition) is 6. The van der Waals surface area contributed by atoms with Crippen LogP contribution in [0.25, 0.3) is 34.2 Å². The number of aromatic nitrogens is 1. The molecule has 0 saturated heterocycles. The second-order valence-corrected chi connectivity index (χ2v) is 9.24. The summed E-state index contributed by atoms with van der Waals surface area (Å²) in [5.74, 6) is -0.845. The number of carboxylic acid groups (broad SMARTS) is 1. The van der Waals surface area contributed by atoms with Gasteiger partial charge >= 0.3 is 11.9 Å². The van der Waals surface area contributed by atoms with Crippen molar-refractivity contribution in [2.75, 3.05) is 6.61 Å². The quantitative estimate of drug-likeness (QED) is 0.224. The van der Waals surface area contributed by atoms with Gasteiger partial charge in [-0.15, -0.1) is 0 Å². The summed E-state index contributed by atoms with van der Waals surface area (Å²) < 4.78 is 16.9. The molecule has 37 heavy (non-hydrogen) atoms. The first-order valence-corrected chi connectivity index (χ1v) is 11.7. The molecule has 0 atom stereocenters. The summed E-state index contributed by atoms with van der Waals surface area (Å²) in [7, 11) is 0. The molecule has 0 amide bonds. The van der Waals surface area contributed by atoms with Gasteiger partial charge in [0.05, 0.1) is 0 Å². The van der Waals surface area contributed by atoms with Crippen LogP contribution in [-0.4, -0.2) is 34.2 Å². The molecule has 188 valence electrons. The van der Waals surface area contributed by atoms with Crippen LogP contribution in [0.1, 0.15) is 32.2 Å². The van der Waals surface area contributed by atoms with E-state index in [0.29, 0.717) is 22.8 Å². The molecule has 0 bridgehead atoms. The third kappa shape index (κ3) is 6.73. The van der Waals surface area contributed by atoms with Gasteiger partial charge in [-0.25, -0.2) is 14.6 Å². The zero-order valence-electron chi connectivity index (χ0n) is 20.8. The summed E-state index contributed by atoms with van der Waals surface area (Å²) >= 11 is 0. The lowest BCUT2D eigenvalue weighted by atomic mass is 10.1. The lowest BCUT2D eigenvalue weighted by Crippen LogP contribution is -2.27. The van der Waals surface area contributed by atoms with Crippen LogP contribution >= 0.6 is 0 Å². The number of nitrogens with zero attached hydrogens (tertiary/aromatic N) is 1. The Hall–Kier alpha value is -4.65. The van der Waals surface area contributed by atoms with E-state index in [1.54, 1.807) is 45.0 Å². The molecular weight excluding hydrogens is 470 g/mol. The van der Waals surface area contributed by atoms with Gasteiger partial charge < -0.3 is 19.0 Å². The number of esters is 1. The molecular formula is C30H27NO6. The van der Waals surface area contributed by atoms with Gasteiger partial charge in [0, 0.05) is 11.1 Å². The number of hydrogen-bond donors (Lipinski definition) is 1. The highest BCUT2D eigenvalue weighted by molar-refractivity contribution is 6.19. The van der Waals surface area contributed by atoms with Gasteiger partial charge in [0.2, 0.25) is 5.89 Å². The van der Waals surface area contributed by atoms with Crippen molar-refractivity contribution in [2.45, 2.75) is 26.4 Å². The molecule has 4 aromatic rings. The monoisotopic (exact) mass is 497 g/mol. The Morgan fingerprint density at radius 2 is 1.57 bits per heavy atom. The van der Waals surface area contributed by atoms with E-state index in [9.17, 15) is 14.7 Å². The highest BCUT2D eigenvalue weighted by atomic mass is 16.6. The van der Waals surface area contributed by atoms with Crippen molar-refractivity contribution in [2.24, 2.45) is 0 Å². The van der Waals surface area contributed by atoms with Crippen LogP contribution in [-0.2, 0) is 14.3 Å². The maximum Gasteiger partial charge on any atom is 0.344 e. The lowest BCUT2D eigenvalue weighted by molar-refractivity contribution is -0.157. The number of carbonyl (C=O) groups is 2. The first kappa shape index (κ1) is 25.4. The number of aliphatic carboxylic acids is 1. The van der Waals surface area contributed by atoms with Crippen LogP contribution < -0.4 is 4.74 Å². The van der Waals surface area contributed by atoms with E-state index in [1.807, 2.05) is 60.7 Å². The maximum atomic E-state index is 12.3. The minimum atomic E-state index is -1.19. The molecule has 1 heterocycles. The molecule has 0 aliphatic rings. The van der Waals surface area contributed by atoms with Gasteiger partial charge in [-0.2, -0.15) is 0 Å². The standard InChI is InChI=1S/C30H27NO6/c1-30(2,3)37-25(32)19-35-23-16-10-11-20(17-23)18-24(29(33)34)28-31-26(21-12-6-4-7-13-21)27(36-28)22-14-8-5-9-15-22/h4-18H,19H2,1-3H3,(H,33,34). The second kappa shape index (κ2) is 11.0. The minimum Gasteiger partial charge on any atom is -0.482 e. The summed E-state index contributed by atoms with van der Waals surface area (Å²) in [5.41, 5.74) is 1.93. The zero-order valence-corrected chi connectivity index (χ0v) is 20.8. The molecule has 3 aromatic carbocycles. The molecule has 0 radical (unpaired) electrons. The Bertz CT molecular complexity index is 1360. The first-order chi connectivity index (χ1) is 17.7. The number of carboxylic acids is 1. The molecule has 4 rings (SSSR count). The average molecular weight is 498 g/mol. The van der Waals surface area contributed by atoms with Gasteiger partial charge in [0.15, 0.2) is 12.4 Å². The van der Waals surface area contributed by atoms with Crippen LogP contribution in [0.15, 0.2) is 89.3 Å². The molecule has 1 N–H and O–H groups in total. The summed E-state index contributed by atoms with van der Waals surface area (Å²) in [5, 5.41) is 10.0. The number of benzene rings is 3. The maximum absolute atomic E-state index is 12.3. The van der Waals surface area contributed by atoms with Crippen LogP contribution in [0, 0.1) is 0 Å². The Balaban J connectivity index is 1.67. The third-order valence-corrected chi connectivity index (χ3v) is 5.12. The summed E-state index contributed by atoms with van der Waals surface area (Å²) in [6.07, 6.45) is 1.46. The van der Waals surface area contributed by atoms with Crippen LogP contribution in [0.4, 0.5) is 0 Å². The Labute approximate surface area is 215 Å². The molecule has 0 spiro atoms. The molecule has 7 nitrogen and oxygen atoms in total. The highest BCUT2D eigenvalue weighted by Crippen LogP contribution is 2.35. The van der Waals surface area contributed by atoms with Gasteiger partial charge in [-0.1, -0.05) is 72.8 Å². The van der Waals surface area contributed by atoms with Crippen molar-refractivity contribution in [1.82, 2.24) is 4.98 Å². The molecule has 0 aliphatic heterocycles. The number of rotatable bonds is 8. The van der Waals surface area contributed by atoms with Crippen molar-refractivity contribution in [3.8, 4) is 28.3 Å². The third-order valence-electron chi connectivity index (χ3n) is 5.12. The van der Waals surface area contributed by atoms with Crippen molar-refractivity contribution in [1.29, 1.82) is 0 Å². The number of ether oxygens (including phenoxy) is 2. The number of oxazole rings is 1.